The third kappa shape index (κ3) is 7.36. The molecule has 1 unspecified atom stereocenters. The van der Waals surface area contributed by atoms with Gasteiger partial charge >= 0.3 is 24.6 Å². The van der Waals surface area contributed by atoms with Crippen molar-refractivity contribution in [1.82, 2.24) is 14.7 Å². The third-order valence-electron chi connectivity index (χ3n) is 9.26. The van der Waals surface area contributed by atoms with Crippen LogP contribution in [0.15, 0.2) is 77.7 Å². The minimum Gasteiger partial charge on any atom is -0.349 e. The van der Waals surface area contributed by atoms with Gasteiger partial charge in [-0.1, -0.05) is 42.5 Å². The van der Waals surface area contributed by atoms with Crippen molar-refractivity contribution in [3.8, 4) is 0 Å². The molecule has 0 spiro atoms. The molecule has 3 aromatic carbocycles. The second-order valence-electron chi connectivity index (χ2n) is 12.4. The first-order chi connectivity index (χ1) is 24.2. The molecule has 3 amide bonds. The van der Waals surface area contributed by atoms with Gasteiger partial charge in [0.25, 0.3) is 5.60 Å². The average molecular weight is 768 g/mol. The van der Waals surface area contributed by atoms with Gasteiger partial charge in [0.05, 0.1) is 27.7 Å². The summed E-state index contributed by atoms with van der Waals surface area (Å²) in [4.78, 5) is 29.7. The van der Waals surface area contributed by atoms with E-state index >= 15 is 0 Å². The molecule has 0 saturated carbocycles. The lowest BCUT2D eigenvalue weighted by Gasteiger charge is -2.38. The number of ether oxygens (including phenoxy) is 1. The predicted molar refractivity (Wildman–Crippen MR) is 166 cm³/mol. The molecule has 0 aliphatic carbocycles. The Morgan fingerprint density at radius 1 is 0.750 bits per heavy atom. The standard InChI is InChI=1S/C34H31F10N3O4S/c1-22(48)45-16-18-46(19-17-45)29(49)47-15-14-30(21-47,52(50)27-12-10-26(35)11-13-27)24-6-8-25(9-7-24)31(33(39,40)41,34(42,43)44)51-20-23-4-2-3-5-28(23)32(36,37)38/h2-13H,14-21H2,1H3/t30-,52?/m0/s1. The molecule has 2 fully saturated rings. The summed E-state index contributed by atoms with van der Waals surface area (Å²) in [5.74, 6) is -0.845. The number of urea groups is 1. The van der Waals surface area contributed by atoms with Crippen LogP contribution in [0.1, 0.15) is 35.6 Å². The van der Waals surface area contributed by atoms with Crippen LogP contribution >= 0.6 is 0 Å². The molecule has 282 valence electrons. The number of halogens is 10. The molecule has 2 heterocycles. The van der Waals surface area contributed by atoms with Gasteiger partial charge in [-0.2, -0.15) is 39.5 Å². The highest BCUT2D eigenvalue weighted by atomic mass is 32.2. The molecular weight excluding hydrogens is 736 g/mol. The van der Waals surface area contributed by atoms with Crippen LogP contribution in [0.3, 0.4) is 0 Å². The van der Waals surface area contributed by atoms with Crippen LogP contribution in [-0.2, 0) is 43.5 Å². The van der Waals surface area contributed by atoms with Gasteiger partial charge in [-0.15, -0.1) is 0 Å². The van der Waals surface area contributed by atoms with E-state index in [2.05, 4.69) is 4.74 Å². The van der Waals surface area contributed by atoms with Crippen molar-refractivity contribution in [1.29, 1.82) is 0 Å². The molecule has 5 rings (SSSR count). The van der Waals surface area contributed by atoms with E-state index in [1.165, 1.54) is 28.9 Å². The van der Waals surface area contributed by atoms with Crippen LogP contribution < -0.4 is 0 Å². The first kappa shape index (κ1) is 39.0. The molecule has 2 aliphatic heterocycles. The topological polar surface area (TPSA) is 70.2 Å². The summed E-state index contributed by atoms with van der Waals surface area (Å²) in [7, 11) is -2.15. The summed E-state index contributed by atoms with van der Waals surface area (Å²) < 4.78 is 159. The summed E-state index contributed by atoms with van der Waals surface area (Å²) in [6.45, 7) is 0.236. The Kier molecular flexibility index (Phi) is 10.8. The van der Waals surface area contributed by atoms with Crippen LogP contribution in [0.2, 0.25) is 0 Å². The van der Waals surface area contributed by atoms with Gasteiger partial charge in [0, 0.05) is 56.7 Å². The van der Waals surface area contributed by atoms with Gasteiger partial charge in [-0.25, -0.2) is 9.18 Å². The van der Waals surface area contributed by atoms with Crippen molar-refractivity contribution in [3.05, 3.63) is 101 Å². The van der Waals surface area contributed by atoms with Gasteiger partial charge < -0.3 is 19.4 Å². The van der Waals surface area contributed by atoms with Crippen LogP contribution in [0, 0.1) is 5.82 Å². The Morgan fingerprint density at radius 2 is 1.31 bits per heavy atom. The number of amides is 3. The van der Waals surface area contributed by atoms with Crippen molar-refractivity contribution in [3.63, 3.8) is 0 Å². The number of likely N-dealkylation sites (tertiary alicyclic amines) is 1. The number of carbonyl (C=O) groups excluding carboxylic acids is 2. The van der Waals surface area contributed by atoms with Gasteiger partial charge in [0.1, 0.15) is 5.82 Å². The van der Waals surface area contributed by atoms with Crippen molar-refractivity contribution < 1.29 is 62.4 Å². The average Bonchev–Trinajstić information content (AvgIpc) is 3.54. The van der Waals surface area contributed by atoms with Crippen LogP contribution in [0.25, 0.3) is 0 Å². The second kappa shape index (κ2) is 14.3. The molecule has 0 bridgehead atoms. The Bertz CT molecular complexity index is 1780. The maximum Gasteiger partial charge on any atom is 0.430 e. The summed E-state index contributed by atoms with van der Waals surface area (Å²) in [5.41, 5.74) is -9.04. The highest BCUT2D eigenvalue weighted by Gasteiger charge is 2.73. The normalized spacial score (nSPS) is 19.6. The van der Waals surface area contributed by atoms with Crippen LogP contribution in [0.4, 0.5) is 48.7 Å². The quantitative estimate of drug-likeness (QED) is 0.236. The second-order valence-corrected chi connectivity index (χ2v) is 14.2. The van der Waals surface area contributed by atoms with Crippen molar-refractivity contribution in [2.75, 3.05) is 39.3 Å². The van der Waals surface area contributed by atoms with Crippen molar-refractivity contribution >= 4 is 22.7 Å². The molecule has 2 atom stereocenters. The van der Waals surface area contributed by atoms with E-state index in [1.807, 2.05) is 0 Å². The molecule has 3 aromatic rings. The number of carbonyl (C=O) groups is 2. The monoisotopic (exact) mass is 767 g/mol. The van der Waals surface area contributed by atoms with E-state index in [4.69, 9.17) is 0 Å². The predicted octanol–water partition coefficient (Wildman–Crippen LogP) is 7.37. The number of rotatable bonds is 7. The minimum absolute atomic E-state index is 0.0167. The fourth-order valence-corrected chi connectivity index (χ4v) is 8.22. The third-order valence-corrected chi connectivity index (χ3v) is 11.2. The number of piperazine rings is 1. The molecule has 52 heavy (non-hydrogen) atoms. The maximum atomic E-state index is 14.6. The molecule has 2 saturated heterocycles. The largest absolute Gasteiger partial charge is 0.430 e. The SMILES string of the molecule is CC(=O)N1CCN(C(=O)N2CC[C@](c3ccc(C(OCc4ccccc4C(F)(F)F)(C(F)(F)F)C(F)(F)F)cc3)(S(=O)c3ccc(F)cc3)C2)CC1. The summed E-state index contributed by atoms with van der Waals surface area (Å²) in [6.07, 6.45) is -17.6. The summed E-state index contributed by atoms with van der Waals surface area (Å²) >= 11 is 0. The van der Waals surface area contributed by atoms with Gasteiger partial charge in [0.15, 0.2) is 0 Å². The van der Waals surface area contributed by atoms with E-state index in [1.54, 1.807) is 4.90 Å². The highest BCUT2D eigenvalue weighted by molar-refractivity contribution is 7.86. The fraction of sp³-hybridized carbons (Fsp3) is 0.412. The molecule has 0 N–H and O–H groups in total. The molecule has 7 nitrogen and oxygen atoms in total. The zero-order chi connectivity index (χ0) is 38.3. The summed E-state index contributed by atoms with van der Waals surface area (Å²) in [5, 5.41) is 0. The van der Waals surface area contributed by atoms with E-state index < -0.39 is 74.8 Å². The number of nitrogens with zero attached hydrogens (tertiary/aromatic N) is 3. The maximum absolute atomic E-state index is 14.6. The van der Waals surface area contributed by atoms with E-state index in [0.29, 0.717) is 24.3 Å². The van der Waals surface area contributed by atoms with E-state index in [-0.39, 0.29) is 62.1 Å². The first-order valence-corrected chi connectivity index (χ1v) is 16.9. The lowest BCUT2D eigenvalue weighted by atomic mass is 9.88. The molecule has 2 aliphatic rings. The highest BCUT2D eigenvalue weighted by Crippen LogP contribution is 2.54. The Hall–Kier alpha value is -4.19. The van der Waals surface area contributed by atoms with Crippen LogP contribution in [-0.4, -0.2) is 82.5 Å². The van der Waals surface area contributed by atoms with Gasteiger partial charge in [0.2, 0.25) is 5.91 Å². The smallest absolute Gasteiger partial charge is 0.349 e. The Balaban J connectivity index is 1.53. The zero-order valence-electron chi connectivity index (χ0n) is 27.2. The fourth-order valence-electron chi connectivity index (χ4n) is 6.49. The zero-order valence-corrected chi connectivity index (χ0v) is 28.1. The molecule has 0 radical (unpaired) electrons. The molecule has 18 heteroatoms. The number of benzene rings is 3. The lowest BCUT2D eigenvalue weighted by Crippen LogP contribution is -2.56. The van der Waals surface area contributed by atoms with Gasteiger partial charge in [-0.3, -0.25) is 9.00 Å². The van der Waals surface area contributed by atoms with Gasteiger partial charge in [-0.05, 0) is 47.9 Å². The van der Waals surface area contributed by atoms with Crippen molar-refractivity contribution in [2.24, 2.45) is 0 Å². The molecule has 0 aromatic heterocycles. The van der Waals surface area contributed by atoms with E-state index in [0.717, 1.165) is 36.4 Å². The van der Waals surface area contributed by atoms with E-state index in [9.17, 15) is 57.7 Å². The van der Waals surface area contributed by atoms with Crippen LogP contribution in [0.5, 0.6) is 0 Å². The minimum atomic E-state index is -6.22. The molecular formula is C34H31F10N3O4S. The lowest BCUT2D eigenvalue weighted by molar-refractivity contribution is -0.392. The first-order valence-electron chi connectivity index (χ1n) is 15.7. The van der Waals surface area contributed by atoms with Crippen molar-refractivity contribution in [2.45, 2.75) is 53.7 Å². The Morgan fingerprint density at radius 3 is 1.85 bits per heavy atom. The summed E-state index contributed by atoms with van der Waals surface area (Å²) in [6, 6.07) is 9.78. The Labute approximate surface area is 293 Å². The number of hydrogen-bond acceptors (Lipinski definition) is 4. The number of hydrogen-bond donors (Lipinski definition) is 0. The number of alkyl halides is 9.